The summed E-state index contributed by atoms with van der Waals surface area (Å²) in [5.41, 5.74) is 0. The Kier molecular flexibility index (Phi) is 5.27. The third kappa shape index (κ3) is 3.47. The summed E-state index contributed by atoms with van der Waals surface area (Å²) >= 11 is 0. The molecule has 122 valence electrons. The maximum Gasteiger partial charge on any atom is 0.167 e. The number of hydrogen-bond donors (Lipinski definition) is 0. The minimum absolute atomic E-state index is 0.266. The van der Waals surface area contributed by atoms with Crippen molar-refractivity contribution in [1.82, 2.24) is 0 Å². The first-order chi connectivity index (χ1) is 10.3. The van der Waals surface area contributed by atoms with E-state index in [1.165, 1.54) is 64.2 Å². The van der Waals surface area contributed by atoms with Crippen LogP contribution in [0.3, 0.4) is 0 Å². The average molecular weight is 294 g/mol. The second kappa shape index (κ2) is 7.00. The molecule has 3 rings (SSSR count). The van der Waals surface area contributed by atoms with E-state index in [9.17, 15) is 0 Å². The number of hydrogen-bond acceptors (Lipinski definition) is 2. The van der Waals surface area contributed by atoms with Gasteiger partial charge in [0.2, 0.25) is 0 Å². The monoisotopic (exact) mass is 294 g/mol. The summed E-state index contributed by atoms with van der Waals surface area (Å²) in [6.45, 7) is 0. The van der Waals surface area contributed by atoms with Gasteiger partial charge in [-0.25, -0.2) is 0 Å². The first-order valence-electron chi connectivity index (χ1n) is 9.36. The summed E-state index contributed by atoms with van der Waals surface area (Å²) in [5, 5.41) is 0. The summed E-state index contributed by atoms with van der Waals surface area (Å²) in [4.78, 5) is 0. The van der Waals surface area contributed by atoms with Crippen molar-refractivity contribution in [3.8, 4) is 0 Å². The third-order valence-corrected chi connectivity index (χ3v) is 7.09. The van der Waals surface area contributed by atoms with E-state index in [4.69, 9.17) is 9.47 Å². The third-order valence-electron chi connectivity index (χ3n) is 7.09. The summed E-state index contributed by atoms with van der Waals surface area (Å²) in [5.74, 6) is 3.83. The summed E-state index contributed by atoms with van der Waals surface area (Å²) in [7, 11) is 3.60. The molecule has 3 aliphatic carbocycles. The number of ether oxygens (including phenoxy) is 2. The van der Waals surface area contributed by atoms with Crippen LogP contribution >= 0.6 is 0 Å². The molecule has 2 heteroatoms. The Labute approximate surface area is 131 Å². The van der Waals surface area contributed by atoms with E-state index < -0.39 is 0 Å². The molecule has 2 nitrogen and oxygen atoms in total. The molecule has 3 aliphatic rings. The molecule has 0 N–H and O–H groups in total. The molecule has 3 saturated carbocycles. The SMILES string of the molecule is COC1(OC)CCC(C2CCC(C3CCCC3)CC2)CC1. The zero-order chi connectivity index (χ0) is 14.7. The molecule has 0 bridgehead atoms. The van der Waals surface area contributed by atoms with Crippen LogP contribution in [0.2, 0.25) is 0 Å². The van der Waals surface area contributed by atoms with Gasteiger partial charge in [0.1, 0.15) is 0 Å². The van der Waals surface area contributed by atoms with E-state index in [-0.39, 0.29) is 5.79 Å². The first kappa shape index (κ1) is 15.8. The summed E-state index contributed by atoms with van der Waals surface area (Å²) < 4.78 is 11.3. The van der Waals surface area contributed by atoms with Gasteiger partial charge in [-0.3, -0.25) is 0 Å². The molecule has 0 aromatic rings. The van der Waals surface area contributed by atoms with Crippen LogP contribution in [0.15, 0.2) is 0 Å². The van der Waals surface area contributed by atoms with Crippen LogP contribution in [0, 0.1) is 23.7 Å². The highest BCUT2D eigenvalue weighted by Gasteiger charge is 2.39. The molecule has 0 atom stereocenters. The predicted molar refractivity (Wildman–Crippen MR) is 86.1 cm³/mol. The van der Waals surface area contributed by atoms with Crippen molar-refractivity contribution in [3.63, 3.8) is 0 Å². The summed E-state index contributed by atoms with van der Waals surface area (Å²) in [6, 6.07) is 0. The highest BCUT2D eigenvalue weighted by atomic mass is 16.7. The van der Waals surface area contributed by atoms with Crippen molar-refractivity contribution in [1.29, 1.82) is 0 Å². The molecule has 0 spiro atoms. The average Bonchev–Trinajstić information content (AvgIpc) is 3.10. The lowest BCUT2D eigenvalue weighted by molar-refractivity contribution is -0.229. The lowest BCUT2D eigenvalue weighted by Crippen LogP contribution is -2.40. The highest BCUT2D eigenvalue weighted by Crippen LogP contribution is 2.46. The van der Waals surface area contributed by atoms with Crippen LogP contribution in [0.4, 0.5) is 0 Å². The van der Waals surface area contributed by atoms with Gasteiger partial charge in [-0.1, -0.05) is 25.7 Å². The maximum atomic E-state index is 5.63. The molecule has 0 aromatic carbocycles. The van der Waals surface area contributed by atoms with Crippen molar-refractivity contribution in [2.75, 3.05) is 14.2 Å². The van der Waals surface area contributed by atoms with Crippen LogP contribution in [0.25, 0.3) is 0 Å². The van der Waals surface area contributed by atoms with E-state index in [2.05, 4.69) is 0 Å². The lowest BCUT2D eigenvalue weighted by Gasteiger charge is -2.42. The van der Waals surface area contributed by atoms with Gasteiger partial charge in [0.15, 0.2) is 5.79 Å². The van der Waals surface area contributed by atoms with Crippen LogP contribution in [0.5, 0.6) is 0 Å². The Morgan fingerprint density at radius 3 is 1.38 bits per heavy atom. The minimum atomic E-state index is -0.266. The molecule has 21 heavy (non-hydrogen) atoms. The smallest absolute Gasteiger partial charge is 0.167 e. The quantitative estimate of drug-likeness (QED) is 0.667. The largest absolute Gasteiger partial charge is 0.353 e. The fraction of sp³-hybridized carbons (Fsp3) is 1.00. The fourth-order valence-electron chi connectivity index (χ4n) is 5.56. The van der Waals surface area contributed by atoms with Gasteiger partial charge < -0.3 is 9.47 Å². The van der Waals surface area contributed by atoms with Crippen LogP contribution in [-0.4, -0.2) is 20.0 Å². The Balaban J connectivity index is 1.45. The maximum absolute atomic E-state index is 5.63. The van der Waals surface area contributed by atoms with Crippen LogP contribution in [-0.2, 0) is 9.47 Å². The van der Waals surface area contributed by atoms with Crippen LogP contribution < -0.4 is 0 Å². The zero-order valence-electron chi connectivity index (χ0n) is 14.1. The summed E-state index contributed by atoms with van der Waals surface area (Å²) in [6.07, 6.45) is 16.9. The lowest BCUT2D eigenvalue weighted by atomic mass is 9.67. The van der Waals surface area contributed by atoms with Crippen molar-refractivity contribution < 1.29 is 9.47 Å². The Hall–Kier alpha value is -0.0800. The number of rotatable bonds is 4. The molecule has 0 radical (unpaired) electrons. The molecular formula is C19H34O2. The van der Waals surface area contributed by atoms with Crippen molar-refractivity contribution in [3.05, 3.63) is 0 Å². The van der Waals surface area contributed by atoms with Crippen molar-refractivity contribution >= 4 is 0 Å². The van der Waals surface area contributed by atoms with E-state index in [1.54, 1.807) is 14.2 Å². The molecule has 0 aromatic heterocycles. The van der Waals surface area contributed by atoms with E-state index >= 15 is 0 Å². The van der Waals surface area contributed by atoms with Gasteiger partial charge in [-0.15, -0.1) is 0 Å². The number of methoxy groups -OCH3 is 2. The van der Waals surface area contributed by atoms with Gasteiger partial charge in [0.25, 0.3) is 0 Å². The second-order valence-electron chi connectivity index (χ2n) is 7.88. The Bertz CT molecular complexity index is 300. The molecule has 0 amide bonds. The van der Waals surface area contributed by atoms with Gasteiger partial charge >= 0.3 is 0 Å². The standard InChI is InChI=1S/C19H34O2/c1-20-19(21-2)13-11-18(12-14-19)17-9-7-16(8-10-17)15-5-3-4-6-15/h15-18H,3-14H2,1-2H3. The second-order valence-corrected chi connectivity index (χ2v) is 7.88. The molecule has 0 aliphatic heterocycles. The molecule has 3 fully saturated rings. The zero-order valence-corrected chi connectivity index (χ0v) is 14.1. The molecule has 0 saturated heterocycles. The minimum Gasteiger partial charge on any atom is -0.353 e. The van der Waals surface area contributed by atoms with Gasteiger partial charge in [0, 0.05) is 27.1 Å². The highest BCUT2D eigenvalue weighted by molar-refractivity contribution is 4.87. The van der Waals surface area contributed by atoms with Gasteiger partial charge in [-0.2, -0.15) is 0 Å². The van der Waals surface area contributed by atoms with Gasteiger partial charge in [-0.05, 0) is 62.2 Å². The molecular weight excluding hydrogens is 260 g/mol. The van der Waals surface area contributed by atoms with E-state index in [0.29, 0.717) is 0 Å². The topological polar surface area (TPSA) is 18.5 Å². The van der Waals surface area contributed by atoms with E-state index in [1.807, 2.05) is 0 Å². The van der Waals surface area contributed by atoms with Crippen molar-refractivity contribution in [2.45, 2.75) is 82.8 Å². The predicted octanol–water partition coefficient (Wildman–Crippen LogP) is 5.16. The molecule has 0 unspecified atom stereocenters. The van der Waals surface area contributed by atoms with Crippen LogP contribution in [0.1, 0.15) is 77.0 Å². The van der Waals surface area contributed by atoms with Gasteiger partial charge in [0.05, 0.1) is 0 Å². The fourth-order valence-corrected chi connectivity index (χ4v) is 5.56. The Morgan fingerprint density at radius 1 is 0.571 bits per heavy atom. The molecule has 0 heterocycles. The Morgan fingerprint density at radius 2 is 0.952 bits per heavy atom. The van der Waals surface area contributed by atoms with E-state index in [0.717, 1.165) is 36.5 Å². The normalized spacial score (nSPS) is 35.1. The first-order valence-corrected chi connectivity index (χ1v) is 9.36. The van der Waals surface area contributed by atoms with Crippen molar-refractivity contribution in [2.24, 2.45) is 23.7 Å².